The highest BCUT2D eigenvalue weighted by Crippen LogP contribution is 2.25. The van der Waals surface area contributed by atoms with Gasteiger partial charge in [0, 0.05) is 12.7 Å². The van der Waals surface area contributed by atoms with Crippen molar-refractivity contribution < 1.29 is 47.2 Å². The summed E-state index contributed by atoms with van der Waals surface area (Å²) in [6, 6.07) is 0.164. The van der Waals surface area contributed by atoms with Crippen LogP contribution in [0.25, 0.3) is 0 Å². The van der Waals surface area contributed by atoms with E-state index in [1.807, 2.05) is 0 Å². The van der Waals surface area contributed by atoms with E-state index in [2.05, 4.69) is 9.31 Å². The van der Waals surface area contributed by atoms with Crippen molar-refractivity contribution in [2.24, 2.45) is 5.41 Å². The molecular formula is C11H13BF4O6. The summed E-state index contributed by atoms with van der Waals surface area (Å²) in [5.41, 5.74) is -1.51. The summed E-state index contributed by atoms with van der Waals surface area (Å²) in [7, 11) is -2.25. The summed E-state index contributed by atoms with van der Waals surface area (Å²) < 4.78 is 60.8. The lowest BCUT2D eigenvalue weighted by atomic mass is 9.92. The van der Waals surface area contributed by atoms with Crippen LogP contribution in [0.4, 0.5) is 17.6 Å². The van der Waals surface area contributed by atoms with Gasteiger partial charge in [0.15, 0.2) is 11.6 Å². The molecule has 0 aliphatic rings. The fraction of sp³-hybridized carbons (Fsp3) is 0.455. The molecule has 0 spiro atoms. The molecule has 0 aliphatic carbocycles. The third kappa shape index (κ3) is 4.08. The standard InChI is InChI=1S/C11H13BF4O6/c13-6-1-7(9(15)10(16)8(6)14)22-12(20)21-5-11(2-17,3-18)4-19/h1,17-20H,2-5H2. The molecule has 0 aliphatic heterocycles. The molecule has 0 saturated heterocycles. The van der Waals surface area contributed by atoms with Crippen LogP contribution in [0.5, 0.6) is 5.75 Å². The normalized spacial score (nSPS) is 11.6. The predicted molar refractivity (Wildman–Crippen MR) is 64.5 cm³/mol. The van der Waals surface area contributed by atoms with Crippen molar-refractivity contribution in [2.75, 3.05) is 26.4 Å². The molecule has 6 nitrogen and oxygen atoms in total. The molecule has 11 heteroatoms. The highest BCUT2D eigenvalue weighted by atomic mass is 19.2. The summed E-state index contributed by atoms with van der Waals surface area (Å²) >= 11 is 0. The number of halogens is 4. The number of benzene rings is 1. The first-order chi connectivity index (χ1) is 10.3. The quantitative estimate of drug-likeness (QED) is 0.224. The molecule has 0 unspecified atom stereocenters. The lowest BCUT2D eigenvalue weighted by Crippen LogP contribution is -2.42. The first-order valence-electron chi connectivity index (χ1n) is 5.92. The van der Waals surface area contributed by atoms with Crippen LogP contribution in [0, 0.1) is 28.7 Å². The molecule has 0 fully saturated rings. The van der Waals surface area contributed by atoms with Gasteiger partial charge in [0.05, 0.1) is 25.2 Å². The van der Waals surface area contributed by atoms with Gasteiger partial charge < -0.3 is 29.7 Å². The van der Waals surface area contributed by atoms with Gasteiger partial charge >= 0.3 is 7.32 Å². The minimum atomic E-state index is -2.25. The van der Waals surface area contributed by atoms with Crippen molar-refractivity contribution >= 4 is 7.32 Å². The largest absolute Gasteiger partial charge is 0.710 e. The molecule has 1 aromatic carbocycles. The maximum atomic E-state index is 13.3. The Morgan fingerprint density at radius 1 is 0.955 bits per heavy atom. The maximum absolute atomic E-state index is 13.3. The van der Waals surface area contributed by atoms with Crippen LogP contribution in [-0.2, 0) is 4.65 Å². The Bertz CT molecular complexity index is 506. The minimum Gasteiger partial charge on any atom is -0.509 e. The second-order valence-corrected chi connectivity index (χ2v) is 4.51. The molecule has 0 saturated carbocycles. The van der Waals surface area contributed by atoms with E-state index < -0.39 is 68.2 Å². The number of hydrogen-bond acceptors (Lipinski definition) is 6. The SMILES string of the molecule is OCC(CO)(CO)COB(O)Oc1cc(F)c(F)c(F)c1F. The van der Waals surface area contributed by atoms with Gasteiger partial charge in [-0.05, 0) is 0 Å². The fourth-order valence-corrected chi connectivity index (χ4v) is 1.31. The van der Waals surface area contributed by atoms with Gasteiger partial charge in [-0.2, -0.15) is 4.39 Å². The topological polar surface area (TPSA) is 99.4 Å². The van der Waals surface area contributed by atoms with Crippen LogP contribution in [0.15, 0.2) is 6.07 Å². The number of aliphatic hydroxyl groups is 3. The van der Waals surface area contributed by atoms with Crippen molar-refractivity contribution in [3.8, 4) is 5.75 Å². The zero-order valence-electron chi connectivity index (χ0n) is 11.1. The number of rotatable bonds is 8. The van der Waals surface area contributed by atoms with Crippen LogP contribution in [0.3, 0.4) is 0 Å². The number of aliphatic hydroxyl groups excluding tert-OH is 3. The Labute approximate surface area is 122 Å². The molecule has 124 valence electrons. The van der Waals surface area contributed by atoms with Gasteiger partial charge in [-0.15, -0.1) is 0 Å². The van der Waals surface area contributed by atoms with Gasteiger partial charge in [-0.1, -0.05) is 0 Å². The summed E-state index contributed by atoms with van der Waals surface area (Å²) in [4.78, 5) is 0. The molecule has 0 heterocycles. The van der Waals surface area contributed by atoms with E-state index in [9.17, 15) is 22.6 Å². The summed E-state index contributed by atoms with van der Waals surface area (Å²) in [6.45, 7) is -2.74. The van der Waals surface area contributed by atoms with Gasteiger partial charge in [-0.25, -0.2) is 13.2 Å². The lowest BCUT2D eigenvalue weighted by Gasteiger charge is -2.27. The molecule has 1 rings (SSSR count). The second-order valence-electron chi connectivity index (χ2n) is 4.51. The molecule has 1 aromatic rings. The molecule has 0 aromatic heterocycles. The van der Waals surface area contributed by atoms with E-state index >= 15 is 0 Å². The Morgan fingerprint density at radius 3 is 2.00 bits per heavy atom. The Kier molecular flexibility index (Phi) is 6.56. The van der Waals surface area contributed by atoms with Crippen molar-refractivity contribution in [3.63, 3.8) is 0 Å². The van der Waals surface area contributed by atoms with Crippen molar-refractivity contribution in [3.05, 3.63) is 29.3 Å². The molecule has 22 heavy (non-hydrogen) atoms. The van der Waals surface area contributed by atoms with E-state index in [1.165, 1.54) is 0 Å². The molecule has 0 radical (unpaired) electrons. The summed E-state index contributed by atoms with van der Waals surface area (Å²) in [5, 5.41) is 36.3. The van der Waals surface area contributed by atoms with Gasteiger partial charge in [0.1, 0.15) is 5.75 Å². The van der Waals surface area contributed by atoms with E-state index in [4.69, 9.17) is 15.3 Å². The van der Waals surface area contributed by atoms with Crippen molar-refractivity contribution in [1.82, 2.24) is 0 Å². The molecule has 0 bridgehead atoms. The molecular weight excluding hydrogens is 315 g/mol. The summed E-state index contributed by atoms with van der Waals surface area (Å²) in [5.74, 6) is -8.93. The smallest absolute Gasteiger partial charge is 0.509 e. The fourth-order valence-electron chi connectivity index (χ4n) is 1.31. The molecule has 4 N–H and O–H groups in total. The van der Waals surface area contributed by atoms with Crippen LogP contribution in [0.2, 0.25) is 0 Å². The highest BCUT2D eigenvalue weighted by Gasteiger charge is 2.33. The van der Waals surface area contributed by atoms with Crippen LogP contribution >= 0.6 is 0 Å². The van der Waals surface area contributed by atoms with E-state index in [1.54, 1.807) is 0 Å². The molecule has 0 atom stereocenters. The maximum Gasteiger partial charge on any atom is 0.710 e. The number of hydrogen-bond donors (Lipinski definition) is 4. The lowest BCUT2D eigenvalue weighted by molar-refractivity contribution is -0.0351. The van der Waals surface area contributed by atoms with E-state index in [0.717, 1.165) is 0 Å². The molecule has 0 amide bonds. The van der Waals surface area contributed by atoms with Crippen molar-refractivity contribution in [1.29, 1.82) is 0 Å². The second kappa shape index (κ2) is 7.74. The average Bonchev–Trinajstić information content (AvgIpc) is 2.52. The van der Waals surface area contributed by atoms with Gasteiger partial charge in [0.25, 0.3) is 0 Å². The first-order valence-corrected chi connectivity index (χ1v) is 5.92. The average molecular weight is 328 g/mol. The monoisotopic (exact) mass is 328 g/mol. The Hall–Kier alpha value is -1.40. The van der Waals surface area contributed by atoms with Crippen LogP contribution in [-0.4, -0.2) is 54.1 Å². The summed E-state index contributed by atoms with van der Waals surface area (Å²) in [6.07, 6.45) is 0. The van der Waals surface area contributed by atoms with Crippen LogP contribution < -0.4 is 4.65 Å². The van der Waals surface area contributed by atoms with E-state index in [-0.39, 0.29) is 6.07 Å². The zero-order valence-corrected chi connectivity index (χ0v) is 11.1. The minimum absolute atomic E-state index is 0.164. The highest BCUT2D eigenvalue weighted by molar-refractivity contribution is 6.35. The first kappa shape index (κ1) is 18.7. The van der Waals surface area contributed by atoms with Gasteiger partial charge in [-0.3, -0.25) is 0 Å². The third-order valence-electron chi connectivity index (χ3n) is 2.84. The van der Waals surface area contributed by atoms with Gasteiger partial charge in [0.2, 0.25) is 11.6 Å². The Morgan fingerprint density at radius 2 is 1.50 bits per heavy atom. The van der Waals surface area contributed by atoms with E-state index in [0.29, 0.717) is 0 Å². The van der Waals surface area contributed by atoms with Crippen molar-refractivity contribution in [2.45, 2.75) is 0 Å². The third-order valence-corrected chi connectivity index (χ3v) is 2.84. The predicted octanol–water partition coefficient (Wildman–Crippen LogP) is -0.421. The zero-order chi connectivity index (χ0) is 16.9. The Balaban J connectivity index is 2.76. The van der Waals surface area contributed by atoms with Crippen LogP contribution in [0.1, 0.15) is 0 Å².